The summed E-state index contributed by atoms with van der Waals surface area (Å²) in [5, 5.41) is 9.21. The Morgan fingerprint density at radius 1 is 1.43 bits per heavy atom. The average Bonchev–Trinajstić information content (AvgIpc) is 2.47. The van der Waals surface area contributed by atoms with Crippen LogP contribution in [-0.4, -0.2) is 35.7 Å². The second kappa shape index (κ2) is 4.63. The molecule has 0 aromatic rings. The maximum Gasteiger partial charge on any atom is 0.0524 e. The molecule has 2 unspecified atom stereocenters. The summed E-state index contributed by atoms with van der Waals surface area (Å²) in [6.45, 7) is 12.4. The minimum atomic E-state index is -0.149. The highest BCUT2D eigenvalue weighted by molar-refractivity contribution is 4.83. The second-order valence-electron chi connectivity index (χ2n) is 5.79. The zero-order valence-corrected chi connectivity index (χ0v) is 10.1. The Bertz CT molecular complexity index is 172. The van der Waals surface area contributed by atoms with E-state index in [-0.39, 0.29) is 6.10 Å². The van der Waals surface area contributed by atoms with Crippen molar-refractivity contribution in [3.05, 3.63) is 0 Å². The van der Waals surface area contributed by atoms with E-state index in [0.29, 0.717) is 5.41 Å². The van der Waals surface area contributed by atoms with E-state index in [4.69, 9.17) is 0 Å². The number of nitrogens with zero attached hydrogens (tertiary/aromatic N) is 1. The lowest BCUT2D eigenvalue weighted by Gasteiger charge is -2.27. The van der Waals surface area contributed by atoms with Crippen molar-refractivity contribution in [2.24, 2.45) is 11.3 Å². The van der Waals surface area contributed by atoms with Gasteiger partial charge in [0.15, 0.2) is 0 Å². The molecule has 1 aliphatic rings. The van der Waals surface area contributed by atoms with Gasteiger partial charge in [-0.15, -0.1) is 0 Å². The molecule has 1 saturated heterocycles. The zero-order valence-electron chi connectivity index (χ0n) is 10.1. The molecule has 0 spiro atoms. The summed E-state index contributed by atoms with van der Waals surface area (Å²) in [5.74, 6) is 0.830. The van der Waals surface area contributed by atoms with Crippen LogP contribution in [0, 0.1) is 11.3 Å². The third-order valence-electron chi connectivity index (χ3n) is 3.36. The fourth-order valence-electron chi connectivity index (χ4n) is 2.11. The third-order valence-corrected chi connectivity index (χ3v) is 3.36. The molecular formula is C12H25NO. The van der Waals surface area contributed by atoms with Gasteiger partial charge in [0.25, 0.3) is 0 Å². The van der Waals surface area contributed by atoms with Crippen LogP contribution in [0.2, 0.25) is 0 Å². The molecule has 1 N–H and O–H groups in total. The van der Waals surface area contributed by atoms with Crippen molar-refractivity contribution >= 4 is 0 Å². The number of likely N-dealkylation sites (tertiary alicyclic amines) is 1. The number of hydrogen-bond acceptors (Lipinski definition) is 2. The molecule has 0 saturated carbocycles. The highest BCUT2D eigenvalue weighted by Crippen LogP contribution is 2.33. The Balaban J connectivity index is 2.27. The molecule has 2 nitrogen and oxygen atoms in total. The summed E-state index contributed by atoms with van der Waals surface area (Å²) >= 11 is 0. The zero-order chi connectivity index (χ0) is 10.8. The topological polar surface area (TPSA) is 23.5 Å². The Hall–Kier alpha value is -0.0800. The monoisotopic (exact) mass is 199 g/mol. The molecule has 0 aromatic carbocycles. The molecule has 0 aromatic heterocycles. The van der Waals surface area contributed by atoms with Crippen molar-refractivity contribution in [2.45, 2.75) is 46.6 Å². The van der Waals surface area contributed by atoms with Gasteiger partial charge in [-0.05, 0) is 37.6 Å². The van der Waals surface area contributed by atoms with Crippen molar-refractivity contribution in [2.75, 3.05) is 19.6 Å². The summed E-state index contributed by atoms with van der Waals surface area (Å²) in [6, 6.07) is 0. The molecule has 2 heteroatoms. The normalized spacial score (nSPS) is 26.8. The summed E-state index contributed by atoms with van der Waals surface area (Å²) in [5.41, 5.74) is 0.444. The van der Waals surface area contributed by atoms with Gasteiger partial charge >= 0.3 is 0 Å². The van der Waals surface area contributed by atoms with Crippen LogP contribution in [0.3, 0.4) is 0 Å². The first-order valence-electron chi connectivity index (χ1n) is 5.80. The first-order valence-corrected chi connectivity index (χ1v) is 5.80. The van der Waals surface area contributed by atoms with Crippen LogP contribution in [0.5, 0.6) is 0 Å². The van der Waals surface area contributed by atoms with Crippen LogP contribution >= 0.6 is 0 Å². The summed E-state index contributed by atoms with van der Waals surface area (Å²) in [6.07, 6.45) is 2.09. The molecule has 1 rings (SSSR count). The molecule has 1 fully saturated rings. The molecule has 84 valence electrons. The first kappa shape index (κ1) is 12.0. The second-order valence-corrected chi connectivity index (χ2v) is 5.79. The molecule has 1 heterocycles. The first-order chi connectivity index (χ1) is 6.39. The number of hydrogen-bond donors (Lipinski definition) is 1. The average molecular weight is 199 g/mol. The molecular weight excluding hydrogens is 174 g/mol. The standard InChI is InChI=1S/C12H25NO/c1-10(14)5-7-13-8-6-11(9-13)12(2,3)4/h10-11,14H,5-9H2,1-4H3. The molecule has 0 aliphatic carbocycles. The lowest BCUT2D eigenvalue weighted by Crippen LogP contribution is -2.28. The predicted molar refractivity (Wildman–Crippen MR) is 60.3 cm³/mol. The van der Waals surface area contributed by atoms with E-state index < -0.39 is 0 Å². The smallest absolute Gasteiger partial charge is 0.0524 e. The number of aliphatic hydroxyl groups excluding tert-OH is 1. The predicted octanol–water partition coefficient (Wildman–Crippen LogP) is 2.13. The van der Waals surface area contributed by atoms with Crippen LogP contribution in [0.4, 0.5) is 0 Å². The van der Waals surface area contributed by atoms with Crippen LogP contribution in [0.25, 0.3) is 0 Å². The van der Waals surface area contributed by atoms with E-state index in [1.165, 1.54) is 19.5 Å². The highest BCUT2D eigenvalue weighted by atomic mass is 16.3. The van der Waals surface area contributed by atoms with Gasteiger partial charge in [0.1, 0.15) is 0 Å². The van der Waals surface area contributed by atoms with Crippen LogP contribution in [0.1, 0.15) is 40.5 Å². The molecule has 14 heavy (non-hydrogen) atoms. The maximum absolute atomic E-state index is 9.21. The van der Waals surface area contributed by atoms with Crippen molar-refractivity contribution in [1.82, 2.24) is 4.90 Å². The Morgan fingerprint density at radius 2 is 2.07 bits per heavy atom. The minimum absolute atomic E-state index is 0.149. The highest BCUT2D eigenvalue weighted by Gasteiger charge is 2.31. The maximum atomic E-state index is 9.21. The van der Waals surface area contributed by atoms with Gasteiger partial charge in [-0.1, -0.05) is 20.8 Å². The van der Waals surface area contributed by atoms with E-state index in [1.807, 2.05) is 6.92 Å². The lowest BCUT2D eigenvalue weighted by molar-refractivity contribution is 0.158. The fraction of sp³-hybridized carbons (Fsp3) is 1.00. The molecule has 2 atom stereocenters. The quantitative estimate of drug-likeness (QED) is 0.752. The van der Waals surface area contributed by atoms with E-state index in [9.17, 15) is 5.11 Å². The van der Waals surface area contributed by atoms with Crippen molar-refractivity contribution in [3.63, 3.8) is 0 Å². The van der Waals surface area contributed by atoms with E-state index in [1.54, 1.807) is 0 Å². The van der Waals surface area contributed by atoms with Gasteiger partial charge < -0.3 is 10.0 Å². The van der Waals surface area contributed by atoms with E-state index in [2.05, 4.69) is 25.7 Å². The van der Waals surface area contributed by atoms with Crippen molar-refractivity contribution in [1.29, 1.82) is 0 Å². The number of rotatable bonds is 3. The lowest BCUT2D eigenvalue weighted by atomic mass is 9.80. The molecule has 0 radical (unpaired) electrons. The van der Waals surface area contributed by atoms with Crippen molar-refractivity contribution < 1.29 is 5.11 Å². The van der Waals surface area contributed by atoms with Crippen LogP contribution in [-0.2, 0) is 0 Å². The van der Waals surface area contributed by atoms with Crippen molar-refractivity contribution in [3.8, 4) is 0 Å². The SMILES string of the molecule is CC(O)CCN1CCC(C(C)(C)C)C1. The summed E-state index contributed by atoms with van der Waals surface area (Å²) in [4.78, 5) is 2.49. The molecule has 0 amide bonds. The van der Waals surface area contributed by atoms with Gasteiger partial charge in [-0.3, -0.25) is 0 Å². The minimum Gasteiger partial charge on any atom is -0.393 e. The van der Waals surface area contributed by atoms with Crippen LogP contribution in [0.15, 0.2) is 0 Å². The Morgan fingerprint density at radius 3 is 2.50 bits per heavy atom. The largest absolute Gasteiger partial charge is 0.393 e. The summed E-state index contributed by atoms with van der Waals surface area (Å²) in [7, 11) is 0. The number of aliphatic hydroxyl groups is 1. The Labute approximate surface area is 88.3 Å². The van der Waals surface area contributed by atoms with Gasteiger partial charge in [-0.2, -0.15) is 0 Å². The van der Waals surface area contributed by atoms with Gasteiger partial charge in [0, 0.05) is 13.1 Å². The van der Waals surface area contributed by atoms with E-state index >= 15 is 0 Å². The van der Waals surface area contributed by atoms with Gasteiger partial charge in [-0.25, -0.2) is 0 Å². The van der Waals surface area contributed by atoms with Crippen LogP contribution < -0.4 is 0 Å². The Kier molecular flexibility index (Phi) is 3.96. The molecule has 0 bridgehead atoms. The molecule has 1 aliphatic heterocycles. The van der Waals surface area contributed by atoms with E-state index in [0.717, 1.165) is 18.9 Å². The van der Waals surface area contributed by atoms with Gasteiger partial charge in [0.05, 0.1) is 6.10 Å². The van der Waals surface area contributed by atoms with Gasteiger partial charge in [0.2, 0.25) is 0 Å². The third kappa shape index (κ3) is 3.58. The summed E-state index contributed by atoms with van der Waals surface area (Å²) < 4.78 is 0. The fourth-order valence-corrected chi connectivity index (χ4v) is 2.11.